The molecule has 0 radical (unpaired) electrons. The minimum absolute atomic E-state index is 0.614. The van der Waals surface area contributed by atoms with Gasteiger partial charge in [0.2, 0.25) is 0 Å². The van der Waals surface area contributed by atoms with Crippen molar-refractivity contribution in [3.63, 3.8) is 0 Å². The first-order chi connectivity index (χ1) is 7.28. The van der Waals surface area contributed by atoms with E-state index in [1.165, 1.54) is 5.56 Å². The van der Waals surface area contributed by atoms with Gasteiger partial charge in [0.1, 0.15) is 5.75 Å². The average molecular weight is 206 g/mol. The molecular weight excluding hydrogens is 188 g/mol. The molecule has 1 saturated heterocycles. The Labute approximate surface area is 91.0 Å². The van der Waals surface area contributed by atoms with Gasteiger partial charge in [0.15, 0.2) is 0 Å². The van der Waals surface area contributed by atoms with Crippen LogP contribution in [0.2, 0.25) is 0 Å². The van der Waals surface area contributed by atoms with Gasteiger partial charge in [0.05, 0.1) is 7.11 Å². The Hall–Kier alpha value is -1.06. The second-order valence-corrected chi connectivity index (χ2v) is 4.12. The molecule has 82 valence electrons. The van der Waals surface area contributed by atoms with Crippen LogP contribution in [0.1, 0.15) is 12.5 Å². The summed E-state index contributed by atoms with van der Waals surface area (Å²) in [6, 6.07) is 8.90. The highest BCUT2D eigenvalue weighted by Crippen LogP contribution is 2.13. The second-order valence-electron chi connectivity index (χ2n) is 4.12. The smallest absolute Gasteiger partial charge is 0.118 e. The Morgan fingerprint density at radius 3 is 2.67 bits per heavy atom. The van der Waals surface area contributed by atoms with Crippen LogP contribution in [0, 0.1) is 0 Å². The third-order valence-electron chi connectivity index (χ3n) is 2.76. The SMILES string of the molecule is COc1ccc(CN2CN[C@@H](C)C2)cc1. The van der Waals surface area contributed by atoms with Crippen molar-refractivity contribution in [3.8, 4) is 5.75 Å². The largest absolute Gasteiger partial charge is 0.497 e. The molecule has 2 rings (SSSR count). The van der Waals surface area contributed by atoms with Gasteiger partial charge in [-0.05, 0) is 24.6 Å². The molecule has 0 aliphatic carbocycles. The normalized spacial score (nSPS) is 21.9. The summed E-state index contributed by atoms with van der Waals surface area (Å²) in [5.41, 5.74) is 1.34. The van der Waals surface area contributed by atoms with E-state index in [0.29, 0.717) is 6.04 Å². The zero-order valence-electron chi connectivity index (χ0n) is 9.36. The van der Waals surface area contributed by atoms with E-state index >= 15 is 0 Å². The summed E-state index contributed by atoms with van der Waals surface area (Å²) in [7, 11) is 1.70. The van der Waals surface area contributed by atoms with Crippen LogP contribution in [0.3, 0.4) is 0 Å². The number of methoxy groups -OCH3 is 1. The molecular formula is C12H18N2O. The molecule has 0 saturated carbocycles. The van der Waals surface area contributed by atoms with Crippen molar-refractivity contribution in [1.82, 2.24) is 10.2 Å². The number of hydrogen-bond donors (Lipinski definition) is 1. The standard InChI is InChI=1S/C12H18N2O/c1-10-7-14(9-13-10)8-11-3-5-12(15-2)6-4-11/h3-6,10,13H,7-9H2,1-2H3/t10-/m0/s1. The number of ether oxygens (including phenoxy) is 1. The van der Waals surface area contributed by atoms with Gasteiger partial charge in [0.25, 0.3) is 0 Å². The van der Waals surface area contributed by atoms with Crippen LogP contribution in [0.25, 0.3) is 0 Å². The highest BCUT2D eigenvalue weighted by atomic mass is 16.5. The highest BCUT2D eigenvalue weighted by molar-refractivity contribution is 5.27. The van der Waals surface area contributed by atoms with Crippen LogP contribution < -0.4 is 10.1 Å². The van der Waals surface area contributed by atoms with Gasteiger partial charge < -0.3 is 10.1 Å². The molecule has 0 amide bonds. The third-order valence-corrected chi connectivity index (χ3v) is 2.76. The summed E-state index contributed by atoms with van der Waals surface area (Å²) in [6.45, 7) is 5.36. The maximum atomic E-state index is 5.13. The molecule has 0 aromatic heterocycles. The van der Waals surface area contributed by atoms with E-state index < -0.39 is 0 Å². The topological polar surface area (TPSA) is 24.5 Å². The summed E-state index contributed by atoms with van der Waals surface area (Å²) in [5.74, 6) is 0.923. The van der Waals surface area contributed by atoms with Crippen LogP contribution in [0.4, 0.5) is 0 Å². The van der Waals surface area contributed by atoms with Crippen molar-refractivity contribution >= 4 is 0 Å². The molecule has 1 atom stereocenters. The van der Waals surface area contributed by atoms with Crippen LogP contribution in [0.15, 0.2) is 24.3 Å². The van der Waals surface area contributed by atoms with Gasteiger partial charge in [0, 0.05) is 25.8 Å². The summed E-state index contributed by atoms with van der Waals surface area (Å²) in [6.07, 6.45) is 0. The van der Waals surface area contributed by atoms with E-state index in [1.54, 1.807) is 7.11 Å². The zero-order valence-corrected chi connectivity index (χ0v) is 9.36. The maximum Gasteiger partial charge on any atom is 0.118 e. The van der Waals surface area contributed by atoms with E-state index in [1.807, 2.05) is 12.1 Å². The summed E-state index contributed by atoms with van der Waals surface area (Å²) < 4.78 is 5.13. The number of nitrogens with one attached hydrogen (secondary N) is 1. The highest BCUT2D eigenvalue weighted by Gasteiger charge is 2.17. The lowest BCUT2D eigenvalue weighted by Crippen LogP contribution is -2.21. The maximum absolute atomic E-state index is 5.13. The molecule has 1 fully saturated rings. The molecule has 1 aliphatic rings. The zero-order chi connectivity index (χ0) is 10.7. The van der Waals surface area contributed by atoms with E-state index in [-0.39, 0.29) is 0 Å². The lowest BCUT2D eigenvalue weighted by atomic mass is 10.2. The van der Waals surface area contributed by atoms with Gasteiger partial charge in [-0.3, -0.25) is 4.90 Å². The molecule has 1 aromatic carbocycles. The molecule has 0 spiro atoms. The minimum Gasteiger partial charge on any atom is -0.497 e. The first kappa shape index (κ1) is 10.5. The predicted octanol–water partition coefficient (Wildman–Crippen LogP) is 1.45. The number of nitrogens with zero attached hydrogens (tertiary/aromatic N) is 1. The number of hydrogen-bond acceptors (Lipinski definition) is 3. The number of rotatable bonds is 3. The molecule has 3 heteroatoms. The lowest BCUT2D eigenvalue weighted by molar-refractivity contribution is 0.323. The van der Waals surface area contributed by atoms with Gasteiger partial charge in [-0.15, -0.1) is 0 Å². The van der Waals surface area contributed by atoms with Crippen molar-refractivity contribution < 1.29 is 4.74 Å². The third kappa shape index (κ3) is 2.70. The molecule has 0 bridgehead atoms. The van der Waals surface area contributed by atoms with Crippen LogP contribution in [0.5, 0.6) is 5.75 Å². The Balaban J connectivity index is 1.93. The molecule has 15 heavy (non-hydrogen) atoms. The van der Waals surface area contributed by atoms with Crippen molar-refractivity contribution in [2.24, 2.45) is 0 Å². The second kappa shape index (κ2) is 4.64. The summed E-state index contributed by atoms with van der Waals surface area (Å²) in [4.78, 5) is 2.41. The van der Waals surface area contributed by atoms with E-state index in [4.69, 9.17) is 4.74 Å². The molecule has 1 aromatic rings. The van der Waals surface area contributed by atoms with Crippen LogP contribution >= 0.6 is 0 Å². The molecule has 3 nitrogen and oxygen atoms in total. The van der Waals surface area contributed by atoms with Gasteiger partial charge in [-0.2, -0.15) is 0 Å². The van der Waals surface area contributed by atoms with Crippen molar-refractivity contribution in [2.45, 2.75) is 19.5 Å². The van der Waals surface area contributed by atoms with Crippen LogP contribution in [-0.2, 0) is 6.54 Å². The van der Waals surface area contributed by atoms with Crippen LogP contribution in [-0.4, -0.2) is 31.3 Å². The lowest BCUT2D eigenvalue weighted by Gasteiger charge is -2.14. The van der Waals surface area contributed by atoms with E-state index in [2.05, 4.69) is 29.3 Å². The van der Waals surface area contributed by atoms with E-state index in [0.717, 1.165) is 25.5 Å². The Morgan fingerprint density at radius 2 is 2.13 bits per heavy atom. The molecule has 0 unspecified atom stereocenters. The van der Waals surface area contributed by atoms with Gasteiger partial charge >= 0.3 is 0 Å². The summed E-state index contributed by atoms with van der Waals surface area (Å²) in [5, 5.41) is 3.41. The van der Waals surface area contributed by atoms with Gasteiger partial charge in [-0.25, -0.2) is 0 Å². The fourth-order valence-electron chi connectivity index (χ4n) is 1.91. The monoisotopic (exact) mass is 206 g/mol. The van der Waals surface area contributed by atoms with Crippen molar-refractivity contribution in [1.29, 1.82) is 0 Å². The first-order valence-corrected chi connectivity index (χ1v) is 5.36. The predicted molar refractivity (Wildman–Crippen MR) is 60.9 cm³/mol. The van der Waals surface area contributed by atoms with E-state index in [9.17, 15) is 0 Å². The summed E-state index contributed by atoms with van der Waals surface area (Å²) >= 11 is 0. The Morgan fingerprint density at radius 1 is 1.40 bits per heavy atom. The molecule has 1 aliphatic heterocycles. The Kier molecular flexibility index (Phi) is 3.23. The van der Waals surface area contributed by atoms with Crippen molar-refractivity contribution in [2.75, 3.05) is 20.3 Å². The van der Waals surface area contributed by atoms with Crippen molar-refractivity contribution in [3.05, 3.63) is 29.8 Å². The quantitative estimate of drug-likeness (QED) is 0.810. The Bertz CT molecular complexity index is 310. The fraction of sp³-hybridized carbons (Fsp3) is 0.500. The molecule has 1 heterocycles. The first-order valence-electron chi connectivity index (χ1n) is 5.36. The average Bonchev–Trinajstić information content (AvgIpc) is 2.65. The molecule has 1 N–H and O–H groups in total. The minimum atomic E-state index is 0.614. The van der Waals surface area contributed by atoms with Gasteiger partial charge in [-0.1, -0.05) is 12.1 Å². The number of benzene rings is 1. The fourth-order valence-corrected chi connectivity index (χ4v) is 1.91.